The van der Waals surface area contributed by atoms with Crippen molar-refractivity contribution >= 4 is 11.5 Å². The summed E-state index contributed by atoms with van der Waals surface area (Å²) in [5, 5.41) is 11.0. The van der Waals surface area contributed by atoms with E-state index in [9.17, 15) is 18.3 Å². The predicted octanol–water partition coefficient (Wildman–Crippen LogP) is 4.69. The van der Waals surface area contributed by atoms with E-state index in [1.165, 1.54) is 18.2 Å². The SMILES string of the molecule is C[NH+]=C1C(=C(O)c2ccc(C)cc2C)Oc2cc(-c3cccc(OC(F)(F)F)c3)ccc21. The number of nitrogens with one attached hydrogen (secondary N) is 1. The highest BCUT2D eigenvalue weighted by Gasteiger charge is 2.34. The Bertz CT molecular complexity index is 1260. The molecule has 0 saturated heterocycles. The van der Waals surface area contributed by atoms with Crippen LogP contribution >= 0.6 is 0 Å². The van der Waals surface area contributed by atoms with E-state index < -0.39 is 6.36 Å². The van der Waals surface area contributed by atoms with E-state index in [1.54, 1.807) is 31.3 Å². The number of fused-ring (bicyclic) bond motifs is 1. The van der Waals surface area contributed by atoms with E-state index in [2.05, 4.69) is 9.73 Å². The number of hydrogen-bond donors (Lipinski definition) is 2. The zero-order valence-electron chi connectivity index (χ0n) is 17.7. The molecule has 1 aliphatic rings. The van der Waals surface area contributed by atoms with Gasteiger partial charge in [-0.3, -0.25) is 0 Å². The molecule has 0 unspecified atom stereocenters. The normalized spacial score (nSPS) is 16.0. The largest absolute Gasteiger partial charge is 0.573 e. The molecular weight excluding hydrogens is 419 g/mol. The molecule has 0 fully saturated rings. The predicted molar refractivity (Wildman–Crippen MR) is 116 cm³/mol. The summed E-state index contributed by atoms with van der Waals surface area (Å²) >= 11 is 0. The summed E-state index contributed by atoms with van der Waals surface area (Å²) in [4.78, 5) is 3.07. The van der Waals surface area contributed by atoms with E-state index >= 15 is 0 Å². The van der Waals surface area contributed by atoms with Crippen molar-refractivity contribution < 1.29 is 32.7 Å². The molecule has 7 heteroatoms. The molecule has 4 rings (SSSR count). The van der Waals surface area contributed by atoms with E-state index in [1.807, 2.05) is 32.0 Å². The van der Waals surface area contributed by atoms with Gasteiger partial charge in [0.05, 0.1) is 5.56 Å². The van der Waals surface area contributed by atoms with Crippen LogP contribution in [0.3, 0.4) is 0 Å². The number of halogens is 3. The second kappa shape index (κ2) is 8.07. The molecular formula is C25H21F3NO3+. The van der Waals surface area contributed by atoms with Gasteiger partial charge in [0.2, 0.25) is 5.76 Å². The molecule has 1 aliphatic heterocycles. The Morgan fingerprint density at radius 3 is 2.41 bits per heavy atom. The van der Waals surface area contributed by atoms with E-state index in [-0.39, 0.29) is 11.5 Å². The molecule has 1 heterocycles. The van der Waals surface area contributed by atoms with Crippen LogP contribution in [0.4, 0.5) is 13.2 Å². The fourth-order valence-electron chi connectivity index (χ4n) is 3.77. The fourth-order valence-corrected chi connectivity index (χ4v) is 3.77. The first-order chi connectivity index (χ1) is 15.2. The lowest BCUT2D eigenvalue weighted by Crippen LogP contribution is -2.68. The highest BCUT2D eigenvalue weighted by Crippen LogP contribution is 2.37. The third-order valence-corrected chi connectivity index (χ3v) is 5.19. The van der Waals surface area contributed by atoms with Gasteiger partial charge in [0, 0.05) is 5.56 Å². The number of aliphatic hydroxyl groups is 1. The number of alkyl halides is 3. The molecule has 3 aromatic carbocycles. The van der Waals surface area contributed by atoms with Crippen LogP contribution in [-0.2, 0) is 0 Å². The molecule has 4 nitrogen and oxygen atoms in total. The van der Waals surface area contributed by atoms with Gasteiger partial charge in [-0.25, -0.2) is 4.99 Å². The molecule has 0 bridgehead atoms. The van der Waals surface area contributed by atoms with Gasteiger partial charge < -0.3 is 14.6 Å². The maximum absolute atomic E-state index is 12.6. The standard InChI is InChI=1S/C25H20F3NO3/c1-14-7-9-19(15(2)11-14)23(30)24-22(29-3)20-10-8-17(13-21(20)31-24)16-5-4-6-18(12-16)32-25(26,27)28/h4-13,30H,1-3H3/p+1. The van der Waals surface area contributed by atoms with Crippen LogP contribution in [0.2, 0.25) is 0 Å². The second-order valence-corrected chi connectivity index (χ2v) is 7.51. The van der Waals surface area contributed by atoms with Crippen LogP contribution < -0.4 is 14.5 Å². The van der Waals surface area contributed by atoms with Crippen molar-refractivity contribution in [1.82, 2.24) is 0 Å². The summed E-state index contributed by atoms with van der Waals surface area (Å²) < 4.78 is 47.7. The summed E-state index contributed by atoms with van der Waals surface area (Å²) in [5.74, 6) is 0.484. The second-order valence-electron chi connectivity index (χ2n) is 7.51. The van der Waals surface area contributed by atoms with Crippen LogP contribution in [0, 0.1) is 13.8 Å². The Labute approximate surface area is 183 Å². The molecule has 2 N–H and O–H groups in total. The Morgan fingerprint density at radius 2 is 1.72 bits per heavy atom. The molecule has 0 spiro atoms. The van der Waals surface area contributed by atoms with E-state index in [4.69, 9.17) is 4.74 Å². The Hall–Kier alpha value is -3.74. The lowest BCUT2D eigenvalue weighted by Gasteiger charge is -2.10. The monoisotopic (exact) mass is 440 g/mol. The summed E-state index contributed by atoms with van der Waals surface area (Å²) in [5.41, 5.74) is 5.21. The summed E-state index contributed by atoms with van der Waals surface area (Å²) in [6.07, 6.45) is -4.76. The highest BCUT2D eigenvalue weighted by atomic mass is 19.4. The number of benzene rings is 3. The summed E-state index contributed by atoms with van der Waals surface area (Å²) in [7, 11) is 1.73. The zero-order valence-corrected chi connectivity index (χ0v) is 17.7. The third kappa shape index (κ3) is 4.19. The Balaban J connectivity index is 1.73. The number of aliphatic hydroxyl groups excluding tert-OH is 1. The molecule has 164 valence electrons. The van der Waals surface area contributed by atoms with Crippen molar-refractivity contribution in [1.29, 1.82) is 0 Å². The number of allylic oxidation sites excluding steroid dienone is 1. The minimum absolute atomic E-state index is 0.00479. The lowest BCUT2D eigenvalue weighted by molar-refractivity contribution is -0.418. The summed E-state index contributed by atoms with van der Waals surface area (Å²) in [6.45, 7) is 3.89. The van der Waals surface area contributed by atoms with Gasteiger partial charge in [-0.15, -0.1) is 13.2 Å². The average Bonchev–Trinajstić information content (AvgIpc) is 3.10. The van der Waals surface area contributed by atoms with Crippen LogP contribution in [0.15, 0.2) is 66.4 Å². The number of rotatable bonds is 3. The van der Waals surface area contributed by atoms with Gasteiger partial charge in [0.25, 0.3) is 5.71 Å². The first-order valence-electron chi connectivity index (χ1n) is 9.90. The van der Waals surface area contributed by atoms with E-state index in [0.717, 1.165) is 16.7 Å². The van der Waals surface area contributed by atoms with Crippen molar-refractivity contribution in [2.24, 2.45) is 0 Å². The minimum atomic E-state index is -4.76. The van der Waals surface area contributed by atoms with Crippen molar-refractivity contribution in [3.05, 3.63) is 88.7 Å². The van der Waals surface area contributed by atoms with Crippen LogP contribution in [0.1, 0.15) is 22.3 Å². The number of hydrogen-bond acceptors (Lipinski definition) is 3. The van der Waals surface area contributed by atoms with Crippen molar-refractivity contribution in [3.8, 4) is 22.6 Å². The zero-order chi connectivity index (χ0) is 23.0. The van der Waals surface area contributed by atoms with Gasteiger partial charge in [-0.1, -0.05) is 42.0 Å². The molecule has 0 amide bonds. The quantitative estimate of drug-likeness (QED) is 0.581. The van der Waals surface area contributed by atoms with Gasteiger partial charge in [-0.05, 0) is 54.8 Å². The first kappa shape index (κ1) is 21.5. The highest BCUT2D eigenvalue weighted by molar-refractivity contribution is 6.15. The molecule has 0 aromatic heterocycles. The topological polar surface area (TPSA) is 52.7 Å². The molecule has 0 atom stereocenters. The molecule has 0 aliphatic carbocycles. The van der Waals surface area contributed by atoms with Gasteiger partial charge in [-0.2, -0.15) is 0 Å². The molecule has 0 radical (unpaired) electrons. The number of ether oxygens (including phenoxy) is 2. The minimum Gasteiger partial charge on any atom is -0.504 e. The van der Waals surface area contributed by atoms with E-state index in [0.29, 0.717) is 33.9 Å². The van der Waals surface area contributed by atoms with Crippen LogP contribution in [-0.4, -0.2) is 24.2 Å². The average molecular weight is 440 g/mol. The third-order valence-electron chi connectivity index (χ3n) is 5.19. The maximum Gasteiger partial charge on any atom is 0.573 e. The molecule has 3 aromatic rings. The smallest absolute Gasteiger partial charge is 0.504 e. The van der Waals surface area contributed by atoms with Crippen molar-refractivity contribution in [2.45, 2.75) is 20.2 Å². The number of aryl methyl sites for hydroxylation is 2. The van der Waals surface area contributed by atoms with Crippen LogP contribution in [0.5, 0.6) is 11.5 Å². The maximum atomic E-state index is 12.6. The Morgan fingerprint density at radius 1 is 0.969 bits per heavy atom. The van der Waals surface area contributed by atoms with Crippen molar-refractivity contribution in [3.63, 3.8) is 0 Å². The molecule has 32 heavy (non-hydrogen) atoms. The van der Waals surface area contributed by atoms with Gasteiger partial charge in [0.1, 0.15) is 18.5 Å². The van der Waals surface area contributed by atoms with Gasteiger partial charge in [0.15, 0.2) is 5.76 Å². The lowest BCUT2D eigenvalue weighted by atomic mass is 10.00. The van der Waals surface area contributed by atoms with Crippen molar-refractivity contribution in [2.75, 3.05) is 7.05 Å². The molecule has 0 saturated carbocycles. The summed E-state index contributed by atoms with van der Waals surface area (Å²) in [6, 6.07) is 16.8. The fraction of sp³-hybridized carbons (Fsp3) is 0.160. The first-order valence-corrected chi connectivity index (χ1v) is 9.90. The van der Waals surface area contributed by atoms with Gasteiger partial charge >= 0.3 is 6.36 Å². The van der Waals surface area contributed by atoms with Crippen LogP contribution in [0.25, 0.3) is 16.9 Å². The Kier molecular flexibility index (Phi) is 5.42.